The van der Waals surface area contributed by atoms with Gasteiger partial charge < -0.3 is 0 Å². The summed E-state index contributed by atoms with van der Waals surface area (Å²) in [5.41, 5.74) is -0.232. The maximum atomic E-state index is 11.9. The average molecular weight is 208 g/mol. The molecule has 15 heavy (non-hydrogen) atoms. The second-order valence-corrected chi connectivity index (χ2v) is 3.73. The van der Waals surface area contributed by atoms with Crippen molar-refractivity contribution in [2.24, 2.45) is 7.05 Å². The number of aromatic nitrogens is 4. The number of aryl methyl sites for hydroxylation is 1. The Kier molecular flexibility index (Phi) is 1.99. The number of aromatic amines is 1. The Balaban J connectivity index is 2.99. The third-order valence-electron chi connectivity index (χ3n) is 2.35. The Hall–Kier alpha value is -1.85. The Labute approximate surface area is 85.2 Å². The van der Waals surface area contributed by atoms with Crippen LogP contribution < -0.4 is 11.2 Å². The van der Waals surface area contributed by atoms with E-state index in [-0.39, 0.29) is 11.6 Å². The summed E-state index contributed by atoms with van der Waals surface area (Å²) in [7, 11) is 1.68. The summed E-state index contributed by atoms with van der Waals surface area (Å²) < 4.78 is 2.66. The lowest BCUT2D eigenvalue weighted by Gasteiger charge is -2.07. The standard InChI is InChI=1S/C9H12N4O2/c1-5(2)13-8(14)6-4-10-12(3)7(6)11-9(13)15/h4-5H,1-3H3,(H,11,15). The fourth-order valence-electron chi connectivity index (χ4n) is 1.59. The number of nitrogens with zero attached hydrogens (tertiary/aromatic N) is 3. The van der Waals surface area contributed by atoms with E-state index in [1.54, 1.807) is 20.9 Å². The number of rotatable bonds is 1. The Morgan fingerprint density at radius 1 is 1.40 bits per heavy atom. The van der Waals surface area contributed by atoms with Crippen LogP contribution in [0.1, 0.15) is 19.9 Å². The van der Waals surface area contributed by atoms with E-state index in [4.69, 9.17) is 0 Å². The molecule has 0 unspecified atom stereocenters. The molecule has 0 saturated carbocycles. The van der Waals surface area contributed by atoms with Crippen LogP contribution >= 0.6 is 0 Å². The second-order valence-electron chi connectivity index (χ2n) is 3.73. The van der Waals surface area contributed by atoms with Crippen LogP contribution in [0.15, 0.2) is 15.8 Å². The third-order valence-corrected chi connectivity index (χ3v) is 2.35. The molecule has 1 N–H and O–H groups in total. The summed E-state index contributed by atoms with van der Waals surface area (Å²) >= 11 is 0. The molecule has 0 fully saturated rings. The quantitative estimate of drug-likeness (QED) is 0.717. The molecular formula is C9H12N4O2. The van der Waals surface area contributed by atoms with Crippen LogP contribution in [-0.4, -0.2) is 19.3 Å². The zero-order chi connectivity index (χ0) is 11.2. The van der Waals surface area contributed by atoms with Crippen LogP contribution in [0.2, 0.25) is 0 Å². The fourth-order valence-corrected chi connectivity index (χ4v) is 1.59. The van der Waals surface area contributed by atoms with E-state index in [0.717, 1.165) is 0 Å². The number of H-pyrrole nitrogens is 1. The minimum Gasteiger partial charge on any atom is -0.291 e. The first-order chi connectivity index (χ1) is 7.02. The zero-order valence-electron chi connectivity index (χ0n) is 8.81. The molecule has 0 radical (unpaired) electrons. The molecule has 0 aromatic carbocycles. The van der Waals surface area contributed by atoms with E-state index in [9.17, 15) is 9.59 Å². The fraction of sp³-hybridized carbons (Fsp3) is 0.444. The van der Waals surface area contributed by atoms with Crippen molar-refractivity contribution in [3.63, 3.8) is 0 Å². The Bertz CT molecular complexity index is 617. The molecule has 2 rings (SSSR count). The van der Waals surface area contributed by atoms with Crippen LogP contribution in [-0.2, 0) is 7.05 Å². The summed E-state index contributed by atoms with van der Waals surface area (Å²) in [4.78, 5) is 26.1. The van der Waals surface area contributed by atoms with Gasteiger partial charge in [-0.15, -0.1) is 0 Å². The van der Waals surface area contributed by atoms with E-state index in [1.807, 2.05) is 0 Å². The van der Waals surface area contributed by atoms with Gasteiger partial charge in [-0.2, -0.15) is 5.10 Å². The van der Waals surface area contributed by atoms with E-state index in [0.29, 0.717) is 11.0 Å². The van der Waals surface area contributed by atoms with Crippen LogP contribution in [0.5, 0.6) is 0 Å². The molecule has 6 heteroatoms. The predicted octanol–water partition coefficient (Wildman–Crippen LogP) is 0.00420. The van der Waals surface area contributed by atoms with Crippen molar-refractivity contribution in [2.75, 3.05) is 0 Å². The minimum atomic E-state index is -0.397. The first kappa shape index (κ1) is 9.70. The van der Waals surface area contributed by atoms with Crippen molar-refractivity contribution in [1.29, 1.82) is 0 Å². The number of hydrogen-bond donors (Lipinski definition) is 1. The lowest BCUT2D eigenvalue weighted by atomic mass is 10.3. The van der Waals surface area contributed by atoms with Gasteiger partial charge in [-0.25, -0.2) is 4.79 Å². The lowest BCUT2D eigenvalue weighted by molar-refractivity contribution is 0.551. The highest BCUT2D eigenvalue weighted by molar-refractivity contribution is 5.72. The Morgan fingerprint density at radius 3 is 2.67 bits per heavy atom. The molecule has 6 nitrogen and oxygen atoms in total. The molecule has 0 saturated heterocycles. The summed E-state index contributed by atoms with van der Waals surface area (Å²) in [6, 6.07) is -0.161. The molecule has 2 aromatic heterocycles. The van der Waals surface area contributed by atoms with Crippen molar-refractivity contribution in [1.82, 2.24) is 19.3 Å². The minimum absolute atomic E-state index is 0.161. The molecule has 0 atom stereocenters. The van der Waals surface area contributed by atoms with Crippen LogP contribution in [0.25, 0.3) is 11.0 Å². The monoisotopic (exact) mass is 208 g/mol. The molecule has 0 bridgehead atoms. The van der Waals surface area contributed by atoms with Crippen molar-refractivity contribution in [3.05, 3.63) is 27.0 Å². The zero-order valence-corrected chi connectivity index (χ0v) is 8.81. The van der Waals surface area contributed by atoms with Crippen molar-refractivity contribution < 1.29 is 0 Å². The number of fused-ring (bicyclic) bond motifs is 1. The molecule has 0 spiro atoms. The van der Waals surface area contributed by atoms with Gasteiger partial charge in [0.15, 0.2) is 0 Å². The van der Waals surface area contributed by atoms with Crippen molar-refractivity contribution in [2.45, 2.75) is 19.9 Å². The summed E-state index contributed by atoms with van der Waals surface area (Å²) in [5, 5.41) is 4.37. The van der Waals surface area contributed by atoms with Crippen LogP contribution in [0.4, 0.5) is 0 Å². The van der Waals surface area contributed by atoms with Gasteiger partial charge in [0.05, 0.1) is 6.20 Å². The van der Waals surface area contributed by atoms with Crippen molar-refractivity contribution >= 4 is 11.0 Å². The van der Waals surface area contributed by atoms with E-state index < -0.39 is 5.69 Å². The van der Waals surface area contributed by atoms with E-state index in [1.165, 1.54) is 15.4 Å². The van der Waals surface area contributed by atoms with Gasteiger partial charge in [0.25, 0.3) is 5.56 Å². The van der Waals surface area contributed by atoms with Crippen LogP contribution in [0.3, 0.4) is 0 Å². The molecular weight excluding hydrogens is 196 g/mol. The number of nitrogens with one attached hydrogen (secondary N) is 1. The molecule has 80 valence electrons. The van der Waals surface area contributed by atoms with E-state index in [2.05, 4.69) is 10.1 Å². The number of hydrogen-bond acceptors (Lipinski definition) is 3. The topological polar surface area (TPSA) is 72.7 Å². The SMILES string of the molecule is CC(C)n1c(=O)[nH]c2c(cnn2C)c1=O. The first-order valence-electron chi connectivity index (χ1n) is 4.69. The van der Waals surface area contributed by atoms with E-state index >= 15 is 0 Å². The maximum absolute atomic E-state index is 11.9. The van der Waals surface area contributed by atoms with Gasteiger partial charge in [0.2, 0.25) is 0 Å². The van der Waals surface area contributed by atoms with Gasteiger partial charge in [-0.3, -0.25) is 19.0 Å². The van der Waals surface area contributed by atoms with Gasteiger partial charge in [0, 0.05) is 13.1 Å². The lowest BCUT2D eigenvalue weighted by Crippen LogP contribution is -2.36. The Morgan fingerprint density at radius 2 is 2.07 bits per heavy atom. The van der Waals surface area contributed by atoms with Gasteiger partial charge >= 0.3 is 5.69 Å². The van der Waals surface area contributed by atoms with Crippen LogP contribution in [0, 0.1) is 0 Å². The largest absolute Gasteiger partial charge is 0.330 e. The highest BCUT2D eigenvalue weighted by Gasteiger charge is 2.12. The molecule has 0 aliphatic heterocycles. The molecule has 0 amide bonds. The highest BCUT2D eigenvalue weighted by atomic mass is 16.2. The average Bonchev–Trinajstić information content (AvgIpc) is 2.47. The second kappa shape index (κ2) is 3.08. The summed E-state index contributed by atoms with van der Waals surface area (Å²) in [6.45, 7) is 3.58. The molecule has 0 aliphatic carbocycles. The molecule has 2 aromatic rings. The smallest absolute Gasteiger partial charge is 0.291 e. The van der Waals surface area contributed by atoms with Crippen molar-refractivity contribution in [3.8, 4) is 0 Å². The van der Waals surface area contributed by atoms with Gasteiger partial charge in [-0.05, 0) is 13.8 Å². The molecule has 2 heterocycles. The van der Waals surface area contributed by atoms with Gasteiger partial charge in [0.1, 0.15) is 11.0 Å². The normalized spacial score (nSPS) is 11.5. The third kappa shape index (κ3) is 1.29. The first-order valence-corrected chi connectivity index (χ1v) is 4.69. The summed E-state index contributed by atoms with van der Waals surface area (Å²) in [5.74, 6) is 0. The predicted molar refractivity (Wildman–Crippen MR) is 56.0 cm³/mol. The highest BCUT2D eigenvalue weighted by Crippen LogP contribution is 2.03. The summed E-state index contributed by atoms with van der Waals surface area (Å²) in [6.07, 6.45) is 1.46. The van der Waals surface area contributed by atoms with Gasteiger partial charge in [-0.1, -0.05) is 0 Å². The molecule has 0 aliphatic rings. The maximum Gasteiger partial charge on any atom is 0.330 e.